The van der Waals surface area contributed by atoms with Crippen LogP contribution in [0.5, 0.6) is 0 Å². The summed E-state index contributed by atoms with van der Waals surface area (Å²) < 4.78 is 0.00157. The molecule has 1 N–H and O–H groups in total. The Morgan fingerprint density at radius 3 is 2.03 bits per heavy atom. The van der Waals surface area contributed by atoms with E-state index in [4.69, 9.17) is 0 Å². The van der Waals surface area contributed by atoms with Crippen LogP contribution in [0.15, 0.2) is 91.0 Å². The van der Waals surface area contributed by atoms with Gasteiger partial charge in [-0.3, -0.25) is 4.79 Å². The number of hydrogen-bond donors (Lipinski definition) is 1. The van der Waals surface area contributed by atoms with Gasteiger partial charge in [0.05, 0.1) is 0 Å². The van der Waals surface area contributed by atoms with Gasteiger partial charge in [0, 0.05) is 47.1 Å². The van der Waals surface area contributed by atoms with E-state index in [1.165, 1.54) is 16.7 Å². The summed E-state index contributed by atoms with van der Waals surface area (Å²) in [5.41, 5.74) is 4.01. The van der Waals surface area contributed by atoms with Crippen molar-refractivity contribution in [1.82, 2.24) is 10.2 Å². The molecule has 0 saturated carbocycles. The third kappa shape index (κ3) is 9.44. The highest BCUT2D eigenvalue weighted by molar-refractivity contribution is 8.00. The number of carbonyl (C=O) groups is 1. The first kappa shape index (κ1) is 29.8. The molecule has 3 aromatic rings. The van der Waals surface area contributed by atoms with E-state index in [0.29, 0.717) is 5.91 Å². The summed E-state index contributed by atoms with van der Waals surface area (Å²) in [5, 5.41) is 3.56. The first-order valence-corrected chi connectivity index (χ1v) is 16.5. The lowest BCUT2D eigenvalue weighted by molar-refractivity contribution is -0.131. The molecule has 0 aromatic heterocycles. The Bertz CT molecular complexity index is 1110. The minimum Gasteiger partial charge on any atom is -0.338 e. The zero-order valence-electron chi connectivity index (χ0n) is 23.6. The maximum atomic E-state index is 13.7. The molecule has 3 nitrogen and oxygen atoms in total. The van der Waals surface area contributed by atoms with Gasteiger partial charge in [-0.2, -0.15) is 11.8 Å². The fourth-order valence-corrected chi connectivity index (χ4v) is 7.58. The molecule has 0 spiro atoms. The van der Waals surface area contributed by atoms with Crippen LogP contribution in [0.3, 0.4) is 0 Å². The lowest BCUT2D eigenvalue weighted by atomic mass is 9.97. The molecule has 39 heavy (non-hydrogen) atoms. The van der Waals surface area contributed by atoms with E-state index < -0.39 is 0 Å². The second kappa shape index (κ2) is 15.5. The van der Waals surface area contributed by atoms with Crippen molar-refractivity contribution in [3.05, 3.63) is 108 Å². The Labute approximate surface area is 244 Å². The summed E-state index contributed by atoms with van der Waals surface area (Å²) in [4.78, 5) is 15.9. The molecule has 1 saturated heterocycles. The molecule has 0 aliphatic carbocycles. The predicted molar refractivity (Wildman–Crippen MR) is 170 cm³/mol. The Balaban J connectivity index is 1.29. The Morgan fingerprint density at radius 2 is 1.38 bits per heavy atom. The smallest absolute Gasteiger partial charge is 0.226 e. The Morgan fingerprint density at radius 1 is 0.795 bits per heavy atom. The lowest BCUT2D eigenvalue weighted by Gasteiger charge is -2.37. The van der Waals surface area contributed by atoms with E-state index in [1.54, 1.807) is 0 Å². The van der Waals surface area contributed by atoms with Gasteiger partial charge >= 0.3 is 0 Å². The number of hydrogen-bond acceptors (Lipinski definition) is 4. The van der Waals surface area contributed by atoms with Crippen molar-refractivity contribution in [2.45, 2.75) is 68.4 Å². The molecular formula is C34H44N2OS2. The normalized spacial score (nSPS) is 17.6. The van der Waals surface area contributed by atoms with Crippen LogP contribution >= 0.6 is 23.5 Å². The largest absolute Gasteiger partial charge is 0.338 e. The molecule has 2 unspecified atom stereocenters. The SMILES string of the molecule is CC(C)(SCc1ccccc1)C1CC(CSCc2ccccc2)C(=O)N1CCCCCNCc1ccccc1. The van der Waals surface area contributed by atoms with Gasteiger partial charge < -0.3 is 10.2 Å². The fraction of sp³-hybridized carbons (Fsp3) is 0.441. The Kier molecular flexibility index (Phi) is 11.9. The third-order valence-electron chi connectivity index (χ3n) is 7.63. The molecule has 2 atom stereocenters. The number of likely N-dealkylation sites (tertiary alicyclic amines) is 1. The number of carbonyl (C=O) groups excluding carboxylic acids is 1. The van der Waals surface area contributed by atoms with Crippen LogP contribution in [0.4, 0.5) is 0 Å². The van der Waals surface area contributed by atoms with Gasteiger partial charge in [0.15, 0.2) is 0 Å². The minimum absolute atomic E-state index is 0.00157. The van der Waals surface area contributed by atoms with Crippen LogP contribution in [0, 0.1) is 5.92 Å². The van der Waals surface area contributed by atoms with Gasteiger partial charge in [-0.05, 0) is 56.3 Å². The lowest BCUT2D eigenvalue weighted by Crippen LogP contribution is -2.45. The van der Waals surface area contributed by atoms with Gasteiger partial charge in [0.2, 0.25) is 5.91 Å². The quantitative estimate of drug-likeness (QED) is 0.181. The highest BCUT2D eigenvalue weighted by atomic mass is 32.2. The second-order valence-electron chi connectivity index (χ2n) is 11.1. The molecule has 0 radical (unpaired) electrons. The predicted octanol–water partition coefficient (Wildman–Crippen LogP) is 7.81. The third-order valence-corrected chi connectivity index (χ3v) is 10.3. The highest BCUT2D eigenvalue weighted by Gasteiger charge is 2.46. The van der Waals surface area contributed by atoms with Crippen molar-refractivity contribution in [3.8, 4) is 0 Å². The standard InChI is InChI=1S/C34H44N2OS2/c1-34(2,39-26-30-19-11-5-12-20-30)32-23-31(27-38-25-29-17-9-4-10-18-29)33(37)36(32)22-14-6-13-21-35-24-28-15-7-3-8-16-28/h3-5,7-12,15-20,31-32,35H,6,13-14,21-27H2,1-2H3. The molecule has 1 amide bonds. The molecule has 5 heteroatoms. The topological polar surface area (TPSA) is 32.3 Å². The van der Waals surface area contributed by atoms with E-state index in [9.17, 15) is 4.79 Å². The summed E-state index contributed by atoms with van der Waals surface area (Å²) in [6.45, 7) is 7.50. The number of unbranched alkanes of at least 4 members (excludes halogenated alkanes) is 2. The maximum Gasteiger partial charge on any atom is 0.226 e. The first-order valence-electron chi connectivity index (χ1n) is 14.4. The average molecular weight is 561 g/mol. The van der Waals surface area contributed by atoms with Crippen LogP contribution in [0.25, 0.3) is 0 Å². The van der Waals surface area contributed by atoms with Crippen molar-refractivity contribution in [2.24, 2.45) is 5.92 Å². The van der Waals surface area contributed by atoms with Crippen molar-refractivity contribution < 1.29 is 4.79 Å². The molecule has 3 aromatic carbocycles. The van der Waals surface area contributed by atoms with Crippen molar-refractivity contribution in [1.29, 1.82) is 0 Å². The Hall–Kier alpha value is -2.21. The zero-order chi connectivity index (χ0) is 27.3. The summed E-state index contributed by atoms with van der Waals surface area (Å²) in [7, 11) is 0. The zero-order valence-corrected chi connectivity index (χ0v) is 25.2. The number of nitrogens with zero attached hydrogens (tertiary/aromatic N) is 1. The first-order chi connectivity index (χ1) is 19.0. The summed E-state index contributed by atoms with van der Waals surface area (Å²) in [6, 6.07) is 32.2. The fourth-order valence-electron chi connectivity index (χ4n) is 5.32. The van der Waals surface area contributed by atoms with Gasteiger partial charge in [0.25, 0.3) is 0 Å². The van der Waals surface area contributed by atoms with E-state index >= 15 is 0 Å². The molecule has 1 aliphatic rings. The molecular weight excluding hydrogens is 517 g/mol. The van der Waals surface area contributed by atoms with Crippen LogP contribution in [-0.2, 0) is 22.8 Å². The summed E-state index contributed by atoms with van der Waals surface area (Å²) in [6.07, 6.45) is 4.32. The molecule has 208 valence electrons. The minimum atomic E-state index is 0.00157. The maximum absolute atomic E-state index is 13.7. The number of benzene rings is 3. The van der Waals surface area contributed by atoms with Crippen LogP contribution in [0.1, 0.15) is 56.2 Å². The van der Waals surface area contributed by atoms with Crippen LogP contribution in [0.2, 0.25) is 0 Å². The van der Waals surface area contributed by atoms with Crippen molar-refractivity contribution in [2.75, 3.05) is 18.8 Å². The molecule has 4 rings (SSSR count). The molecule has 1 aliphatic heterocycles. The highest BCUT2D eigenvalue weighted by Crippen LogP contribution is 2.42. The molecule has 1 heterocycles. The van der Waals surface area contributed by atoms with E-state index in [1.807, 2.05) is 23.5 Å². The number of thioether (sulfide) groups is 2. The van der Waals surface area contributed by atoms with E-state index in [2.05, 4.69) is 115 Å². The van der Waals surface area contributed by atoms with Crippen LogP contribution < -0.4 is 5.32 Å². The second-order valence-corrected chi connectivity index (χ2v) is 13.7. The van der Waals surface area contributed by atoms with Crippen molar-refractivity contribution in [3.63, 3.8) is 0 Å². The molecule has 1 fully saturated rings. The van der Waals surface area contributed by atoms with Gasteiger partial charge in [-0.25, -0.2) is 0 Å². The number of nitrogens with one attached hydrogen (secondary N) is 1. The number of amides is 1. The monoisotopic (exact) mass is 560 g/mol. The summed E-state index contributed by atoms with van der Waals surface area (Å²) in [5.74, 6) is 3.34. The number of rotatable bonds is 16. The van der Waals surface area contributed by atoms with Gasteiger partial charge in [-0.1, -0.05) is 97.4 Å². The molecule has 0 bridgehead atoms. The summed E-state index contributed by atoms with van der Waals surface area (Å²) >= 11 is 3.90. The van der Waals surface area contributed by atoms with Crippen molar-refractivity contribution >= 4 is 29.4 Å². The van der Waals surface area contributed by atoms with E-state index in [0.717, 1.165) is 62.6 Å². The van der Waals surface area contributed by atoms with Gasteiger partial charge in [-0.15, -0.1) is 11.8 Å². The van der Waals surface area contributed by atoms with Crippen LogP contribution in [-0.4, -0.2) is 40.4 Å². The van der Waals surface area contributed by atoms with E-state index in [-0.39, 0.29) is 16.7 Å². The van der Waals surface area contributed by atoms with Gasteiger partial charge in [0.1, 0.15) is 0 Å². The average Bonchev–Trinajstić information content (AvgIpc) is 3.29.